The quantitative estimate of drug-likeness (QED) is 0.293. The molecule has 0 spiro atoms. The lowest BCUT2D eigenvalue weighted by atomic mass is 10.00. The van der Waals surface area contributed by atoms with Gasteiger partial charge in [0.25, 0.3) is 0 Å². The highest BCUT2D eigenvalue weighted by Gasteiger charge is 2.21. The summed E-state index contributed by atoms with van der Waals surface area (Å²) < 4.78 is 0. The maximum absolute atomic E-state index is 2.41. The van der Waals surface area contributed by atoms with Crippen LogP contribution >= 0.6 is 8.19 Å². The highest BCUT2D eigenvalue weighted by Crippen LogP contribution is 2.49. The Balaban J connectivity index is 2.27. The molecule has 1 aromatic heterocycles. The first-order chi connectivity index (χ1) is 9.92. The van der Waals surface area contributed by atoms with Gasteiger partial charge in [-0.05, 0) is 45.1 Å². The molecule has 1 atom stereocenters. The van der Waals surface area contributed by atoms with Gasteiger partial charge in [-0.1, -0.05) is 30.3 Å². The lowest BCUT2D eigenvalue weighted by molar-refractivity contribution is 1.88. The maximum Gasteiger partial charge on any atom is 0.154 e. The zero-order chi connectivity index (χ0) is 12.8. The summed E-state index contributed by atoms with van der Waals surface area (Å²) in [6, 6.07) is 18.3. The predicted octanol–water partition coefficient (Wildman–Crippen LogP) is 6.08. The van der Waals surface area contributed by atoms with Gasteiger partial charge < -0.3 is 0 Å². The second-order valence-electron chi connectivity index (χ2n) is 5.73. The maximum atomic E-state index is 2.41. The van der Waals surface area contributed by atoms with E-state index in [1.165, 1.54) is 53.6 Å². The topological polar surface area (TPSA) is 0 Å². The first-order valence-corrected chi connectivity index (χ1v) is 8.05. The molecule has 0 amide bonds. The number of rotatable bonds is 0. The second kappa shape index (κ2) is 2.95. The SMILES string of the molecule is c1cc2ccc3c[pH+]c4ccc5ccc1c1c2c3c4c51. The third kappa shape index (κ3) is 0.882. The van der Waals surface area contributed by atoms with E-state index in [2.05, 4.69) is 54.3 Å². The highest BCUT2D eigenvalue weighted by atomic mass is 31.0. The van der Waals surface area contributed by atoms with Crippen molar-refractivity contribution in [3.8, 4) is 0 Å². The van der Waals surface area contributed by atoms with Crippen LogP contribution in [-0.2, 0) is 0 Å². The van der Waals surface area contributed by atoms with Gasteiger partial charge in [-0.15, -0.1) is 0 Å². The molecule has 90 valence electrons. The molecule has 5 aromatic carbocycles. The van der Waals surface area contributed by atoms with Crippen molar-refractivity contribution in [2.24, 2.45) is 0 Å². The summed E-state index contributed by atoms with van der Waals surface area (Å²) >= 11 is 0. The molecular weight excluding hydrogens is 259 g/mol. The lowest BCUT2D eigenvalue weighted by Gasteiger charge is -2.03. The summed E-state index contributed by atoms with van der Waals surface area (Å²) in [6.07, 6.45) is 0. The third-order valence-corrected chi connectivity index (χ3v) is 6.00. The summed E-state index contributed by atoms with van der Waals surface area (Å²) in [7, 11) is 0.798. The van der Waals surface area contributed by atoms with Gasteiger partial charge in [0.1, 0.15) is 14.0 Å². The molecule has 0 fully saturated rings. The van der Waals surface area contributed by atoms with Gasteiger partial charge in [0.15, 0.2) is 5.12 Å². The van der Waals surface area contributed by atoms with Crippen LogP contribution in [-0.4, -0.2) is 0 Å². The van der Waals surface area contributed by atoms with Crippen molar-refractivity contribution >= 4 is 61.8 Å². The number of hydrogen-bond acceptors (Lipinski definition) is 0. The van der Waals surface area contributed by atoms with Gasteiger partial charge in [0.2, 0.25) is 0 Å². The fourth-order valence-electron chi connectivity index (χ4n) is 3.99. The Kier molecular flexibility index (Phi) is 1.43. The van der Waals surface area contributed by atoms with Crippen molar-refractivity contribution in [1.82, 2.24) is 0 Å². The minimum atomic E-state index is 0.798. The molecule has 0 radical (unpaired) electrons. The minimum absolute atomic E-state index is 0.798. The van der Waals surface area contributed by atoms with Crippen molar-refractivity contribution in [2.45, 2.75) is 0 Å². The summed E-state index contributed by atoms with van der Waals surface area (Å²) in [6.45, 7) is 0. The van der Waals surface area contributed by atoms with Crippen LogP contribution in [0.5, 0.6) is 0 Å². The molecule has 0 aliphatic carbocycles. The van der Waals surface area contributed by atoms with E-state index in [9.17, 15) is 0 Å². The third-order valence-electron chi connectivity index (χ3n) is 4.81. The van der Waals surface area contributed by atoms with Crippen LogP contribution in [0.3, 0.4) is 0 Å². The molecule has 6 rings (SSSR count). The van der Waals surface area contributed by atoms with E-state index in [1.54, 1.807) is 0 Å². The van der Waals surface area contributed by atoms with Crippen LogP contribution in [0.2, 0.25) is 0 Å². The van der Waals surface area contributed by atoms with E-state index >= 15 is 0 Å². The van der Waals surface area contributed by atoms with Crippen LogP contribution in [0, 0.1) is 0 Å². The molecule has 1 heterocycles. The van der Waals surface area contributed by atoms with Crippen molar-refractivity contribution in [1.29, 1.82) is 0 Å². The molecule has 0 saturated carbocycles. The predicted molar refractivity (Wildman–Crippen MR) is 91.4 cm³/mol. The Morgan fingerprint density at radius 2 is 0.900 bits per heavy atom. The lowest BCUT2D eigenvalue weighted by Crippen LogP contribution is -1.76. The number of hydrogen-bond donors (Lipinski definition) is 0. The van der Waals surface area contributed by atoms with E-state index in [4.69, 9.17) is 0 Å². The molecular formula is C19H10P+. The Morgan fingerprint density at radius 3 is 1.55 bits per heavy atom. The van der Waals surface area contributed by atoms with Gasteiger partial charge in [-0.25, -0.2) is 0 Å². The average molecular weight is 269 g/mol. The standard InChI is InChI=1S/C19H9P/c1-2-11-5-6-13-9-20-14-8-7-12-4-3-10(1)15-16(11)18(13)19(14)17(12)15/h1-9H/p+1. The fraction of sp³-hybridized carbons (Fsp3) is 0. The van der Waals surface area contributed by atoms with Gasteiger partial charge >= 0.3 is 0 Å². The van der Waals surface area contributed by atoms with Crippen molar-refractivity contribution < 1.29 is 0 Å². The van der Waals surface area contributed by atoms with Gasteiger partial charge in [0, 0.05) is 21.5 Å². The van der Waals surface area contributed by atoms with Crippen molar-refractivity contribution in [2.75, 3.05) is 0 Å². The highest BCUT2D eigenvalue weighted by molar-refractivity contribution is 7.36. The van der Waals surface area contributed by atoms with Gasteiger partial charge in [-0.2, -0.15) is 0 Å². The fourth-order valence-corrected chi connectivity index (χ4v) is 5.12. The Bertz CT molecular complexity index is 930. The minimum Gasteiger partial charge on any atom is -0.0537 e. The Morgan fingerprint density at radius 1 is 0.450 bits per heavy atom. The average Bonchev–Trinajstić information content (AvgIpc) is 2.88. The molecule has 0 bridgehead atoms. The normalized spacial score (nSPS) is 13.4. The van der Waals surface area contributed by atoms with Gasteiger partial charge in [0.05, 0.1) is 0 Å². The van der Waals surface area contributed by atoms with Crippen LogP contribution < -0.4 is 0 Å². The summed E-state index contributed by atoms with van der Waals surface area (Å²) in [4.78, 5) is 0. The van der Waals surface area contributed by atoms with Crippen molar-refractivity contribution in [3.05, 3.63) is 54.3 Å². The van der Waals surface area contributed by atoms with E-state index < -0.39 is 0 Å². The first-order valence-electron chi connectivity index (χ1n) is 6.97. The Hall–Kier alpha value is -2.17. The van der Waals surface area contributed by atoms with Gasteiger partial charge in [-0.3, -0.25) is 0 Å². The van der Waals surface area contributed by atoms with Crippen LogP contribution in [0.15, 0.2) is 54.3 Å². The smallest absolute Gasteiger partial charge is 0.0537 e. The zero-order valence-electron chi connectivity index (χ0n) is 10.7. The number of benzene rings is 4. The second-order valence-corrected chi connectivity index (χ2v) is 6.85. The van der Waals surface area contributed by atoms with E-state index in [0.29, 0.717) is 0 Å². The molecule has 0 nitrogen and oxygen atoms in total. The largest absolute Gasteiger partial charge is 0.154 e. The van der Waals surface area contributed by atoms with E-state index in [0.717, 1.165) is 8.19 Å². The summed E-state index contributed by atoms with van der Waals surface area (Å²) in [5.41, 5.74) is 0. The van der Waals surface area contributed by atoms with Crippen LogP contribution in [0.4, 0.5) is 0 Å². The molecule has 1 unspecified atom stereocenters. The van der Waals surface area contributed by atoms with Crippen molar-refractivity contribution in [3.63, 3.8) is 0 Å². The molecule has 0 aliphatic heterocycles. The van der Waals surface area contributed by atoms with E-state index in [1.807, 2.05) is 0 Å². The van der Waals surface area contributed by atoms with E-state index in [-0.39, 0.29) is 0 Å². The molecule has 0 saturated heterocycles. The van der Waals surface area contributed by atoms with Crippen LogP contribution in [0.25, 0.3) is 53.6 Å². The molecule has 1 heteroatoms. The Labute approximate surface area is 116 Å². The molecule has 0 aliphatic rings. The molecule has 6 aromatic rings. The monoisotopic (exact) mass is 269 g/mol. The molecule has 20 heavy (non-hydrogen) atoms. The summed E-state index contributed by atoms with van der Waals surface area (Å²) in [5.74, 6) is 2.41. The van der Waals surface area contributed by atoms with Crippen LogP contribution in [0.1, 0.15) is 0 Å². The zero-order valence-corrected chi connectivity index (χ0v) is 11.7. The first kappa shape index (κ1) is 9.69. The summed E-state index contributed by atoms with van der Waals surface area (Å²) in [5, 5.41) is 14.6. The molecule has 0 N–H and O–H groups in total.